The van der Waals surface area contributed by atoms with E-state index in [4.69, 9.17) is 0 Å². The van der Waals surface area contributed by atoms with Crippen LogP contribution in [0.25, 0.3) is 0 Å². The van der Waals surface area contributed by atoms with Crippen LogP contribution < -0.4 is 20.1 Å². The van der Waals surface area contributed by atoms with Gasteiger partial charge in [0.2, 0.25) is 0 Å². The Hall–Kier alpha value is -2.40. The van der Waals surface area contributed by atoms with Crippen molar-refractivity contribution < 1.29 is 14.7 Å². The van der Waals surface area contributed by atoms with Crippen LogP contribution in [0.2, 0.25) is 0 Å². The molecule has 3 N–H and O–H groups in total. The van der Waals surface area contributed by atoms with Crippen LogP contribution in [0, 0.1) is 0 Å². The number of amides is 1. The van der Waals surface area contributed by atoms with Crippen LogP contribution in [0.5, 0.6) is 0 Å². The van der Waals surface area contributed by atoms with Crippen molar-refractivity contribution in [2.24, 2.45) is 0 Å². The van der Waals surface area contributed by atoms with Gasteiger partial charge in [-0.15, -0.1) is 0 Å². The average Bonchev–Trinajstić information content (AvgIpc) is 2.68. The Morgan fingerprint density at radius 3 is 2.42 bits per heavy atom. The topological polar surface area (TPSA) is 50.9 Å². The van der Waals surface area contributed by atoms with E-state index in [0.717, 1.165) is 37.7 Å². The Morgan fingerprint density at radius 1 is 1.08 bits per heavy atom. The molecule has 1 aromatic heterocycles. The van der Waals surface area contributed by atoms with Crippen LogP contribution in [0.4, 0.5) is 11.5 Å². The summed E-state index contributed by atoms with van der Waals surface area (Å²) in [6.45, 7) is 10.2. The number of hydrogen-bond acceptors (Lipinski definition) is 2. The van der Waals surface area contributed by atoms with Crippen LogP contribution in [0.15, 0.2) is 48.7 Å². The minimum absolute atomic E-state index is 0.0582. The number of piperazine rings is 1. The molecule has 1 saturated heterocycles. The molecule has 138 valence electrons. The van der Waals surface area contributed by atoms with Crippen molar-refractivity contribution in [1.29, 1.82) is 0 Å². The third kappa shape index (κ3) is 4.22. The number of carbonyl (C=O) groups is 1. The number of nitrogens with zero attached hydrogens (tertiary/aromatic N) is 1. The first kappa shape index (κ1) is 18.4. The van der Waals surface area contributed by atoms with Crippen molar-refractivity contribution in [3.8, 4) is 0 Å². The van der Waals surface area contributed by atoms with Crippen molar-refractivity contribution >= 4 is 17.4 Å². The smallest absolute Gasteiger partial charge is 0.282 e. The van der Waals surface area contributed by atoms with Gasteiger partial charge in [0.25, 0.3) is 11.7 Å². The highest BCUT2D eigenvalue weighted by Crippen LogP contribution is 2.23. The van der Waals surface area contributed by atoms with Gasteiger partial charge in [0.1, 0.15) is 26.2 Å². The van der Waals surface area contributed by atoms with Crippen LogP contribution in [0.3, 0.4) is 0 Å². The fourth-order valence-corrected chi connectivity index (χ4v) is 3.59. The van der Waals surface area contributed by atoms with Crippen LogP contribution in [0.1, 0.15) is 32.3 Å². The van der Waals surface area contributed by atoms with E-state index in [1.807, 2.05) is 43.5 Å². The molecule has 0 saturated carbocycles. The number of aromatic amines is 1. The van der Waals surface area contributed by atoms with Gasteiger partial charge < -0.3 is 10.2 Å². The maximum atomic E-state index is 12.8. The number of benzene rings is 1. The molecule has 5 heteroatoms. The van der Waals surface area contributed by atoms with Gasteiger partial charge in [0, 0.05) is 11.8 Å². The second-order valence-electron chi connectivity index (χ2n) is 7.35. The molecule has 1 atom stereocenters. The molecule has 1 amide bonds. The predicted octanol–water partition coefficient (Wildman–Crippen LogP) is 1.36. The molecule has 0 bridgehead atoms. The summed E-state index contributed by atoms with van der Waals surface area (Å²) in [6, 6.07) is 14.2. The normalized spacial score (nSPS) is 16.5. The van der Waals surface area contributed by atoms with Crippen LogP contribution in [-0.2, 0) is 4.79 Å². The van der Waals surface area contributed by atoms with Gasteiger partial charge in [0.05, 0.1) is 6.20 Å². The number of anilines is 2. The largest absolute Gasteiger partial charge is 0.321 e. The molecule has 5 nitrogen and oxygen atoms in total. The molecular weight excluding hydrogens is 324 g/mol. The van der Waals surface area contributed by atoms with Crippen molar-refractivity contribution in [3.05, 3.63) is 54.2 Å². The highest BCUT2D eigenvalue weighted by atomic mass is 16.2. The second kappa shape index (κ2) is 8.32. The fourth-order valence-electron chi connectivity index (χ4n) is 3.59. The van der Waals surface area contributed by atoms with Crippen molar-refractivity contribution in [2.75, 3.05) is 36.4 Å². The van der Waals surface area contributed by atoms with Crippen molar-refractivity contribution in [3.63, 3.8) is 0 Å². The highest BCUT2D eigenvalue weighted by Gasteiger charge is 2.32. The van der Waals surface area contributed by atoms with E-state index >= 15 is 0 Å². The number of para-hydroxylation sites is 1. The zero-order valence-electron chi connectivity index (χ0n) is 16.0. The average molecular weight is 354 g/mol. The SMILES string of the molecule is CC(C)c1ccccc1NC(=O)[C@@H](C)[NH+]1CCN(c2cccc[nH+]2)CC1. The predicted molar refractivity (Wildman–Crippen MR) is 105 cm³/mol. The minimum atomic E-state index is -0.0582. The van der Waals surface area contributed by atoms with E-state index < -0.39 is 0 Å². The lowest BCUT2D eigenvalue weighted by molar-refractivity contribution is -0.914. The molecule has 1 aliphatic rings. The number of rotatable bonds is 5. The first-order valence-corrected chi connectivity index (χ1v) is 9.52. The molecule has 2 heterocycles. The van der Waals surface area contributed by atoms with Gasteiger partial charge in [-0.25, -0.2) is 4.98 Å². The van der Waals surface area contributed by atoms with Gasteiger partial charge in [-0.05, 0) is 30.5 Å². The van der Waals surface area contributed by atoms with Crippen LogP contribution >= 0.6 is 0 Å². The maximum absolute atomic E-state index is 12.8. The summed E-state index contributed by atoms with van der Waals surface area (Å²) in [7, 11) is 0. The molecule has 2 aromatic rings. The maximum Gasteiger partial charge on any atom is 0.282 e. The first-order valence-electron chi connectivity index (χ1n) is 9.52. The third-order valence-corrected chi connectivity index (χ3v) is 5.29. The molecule has 0 unspecified atom stereocenters. The summed E-state index contributed by atoms with van der Waals surface area (Å²) in [5.74, 6) is 1.64. The number of nitrogens with one attached hydrogen (secondary N) is 3. The number of carbonyl (C=O) groups excluding carboxylic acids is 1. The Kier molecular flexibility index (Phi) is 5.89. The number of aromatic nitrogens is 1. The van der Waals surface area contributed by atoms with Gasteiger partial charge in [0.15, 0.2) is 6.04 Å². The van der Waals surface area contributed by atoms with E-state index in [1.54, 1.807) is 0 Å². The Morgan fingerprint density at radius 2 is 1.77 bits per heavy atom. The number of quaternary nitrogens is 1. The quantitative estimate of drug-likeness (QED) is 0.852. The lowest BCUT2D eigenvalue weighted by Gasteiger charge is -2.31. The van der Waals surface area contributed by atoms with Gasteiger partial charge >= 0.3 is 0 Å². The van der Waals surface area contributed by atoms with Gasteiger partial charge in [-0.1, -0.05) is 38.1 Å². The number of hydrogen-bond donors (Lipinski definition) is 2. The summed E-state index contributed by atoms with van der Waals surface area (Å²) in [4.78, 5) is 19.8. The summed E-state index contributed by atoms with van der Waals surface area (Å²) in [6.07, 6.45) is 1.96. The molecule has 1 aliphatic heterocycles. The zero-order valence-corrected chi connectivity index (χ0v) is 16.0. The van der Waals surface area contributed by atoms with Gasteiger partial charge in [-0.3, -0.25) is 9.69 Å². The Bertz CT molecular complexity index is 724. The van der Waals surface area contributed by atoms with Crippen LogP contribution in [-0.4, -0.2) is 38.1 Å². The van der Waals surface area contributed by atoms with E-state index in [-0.39, 0.29) is 11.9 Å². The number of H-pyrrole nitrogens is 1. The molecular formula is C21H30N4O+2. The van der Waals surface area contributed by atoms with Crippen molar-refractivity contribution in [2.45, 2.75) is 32.7 Å². The number of pyridine rings is 1. The molecule has 26 heavy (non-hydrogen) atoms. The molecule has 3 rings (SSSR count). The fraction of sp³-hybridized carbons (Fsp3) is 0.429. The van der Waals surface area contributed by atoms with E-state index in [9.17, 15) is 4.79 Å². The summed E-state index contributed by atoms with van der Waals surface area (Å²) in [5, 5.41) is 3.15. The molecule has 0 radical (unpaired) electrons. The standard InChI is InChI=1S/C21H28N4O/c1-16(2)18-8-4-5-9-19(18)23-21(26)17(3)24-12-14-25(15-13-24)20-10-6-7-11-22-20/h4-11,16-17H,12-15H2,1-3H3,(H,23,26)/p+2/t17-/m1/s1. The minimum Gasteiger partial charge on any atom is -0.321 e. The van der Waals surface area contributed by atoms with E-state index in [2.05, 4.69) is 41.2 Å². The monoisotopic (exact) mass is 354 g/mol. The van der Waals surface area contributed by atoms with Gasteiger partial charge in [-0.2, -0.15) is 0 Å². The molecule has 0 spiro atoms. The highest BCUT2D eigenvalue weighted by molar-refractivity contribution is 5.94. The summed E-state index contributed by atoms with van der Waals surface area (Å²) >= 11 is 0. The zero-order chi connectivity index (χ0) is 18.5. The van der Waals surface area contributed by atoms with E-state index in [0.29, 0.717) is 5.92 Å². The lowest BCUT2D eigenvalue weighted by atomic mass is 10.0. The summed E-state index contributed by atoms with van der Waals surface area (Å²) < 4.78 is 0. The molecule has 0 aliphatic carbocycles. The summed E-state index contributed by atoms with van der Waals surface area (Å²) in [5.41, 5.74) is 2.13. The van der Waals surface area contributed by atoms with E-state index in [1.165, 1.54) is 10.5 Å². The molecule has 1 fully saturated rings. The first-order chi connectivity index (χ1) is 12.6. The second-order valence-corrected chi connectivity index (χ2v) is 7.35. The third-order valence-electron chi connectivity index (χ3n) is 5.29. The Labute approximate surface area is 156 Å². The van der Waals surface area contributed by atoms with Crippen molar-refractivity contribution in [1.82, 2.24) is 0 Å². The Balaban J connectivity index is 1.58. The molecule has 1 aromatic carbocycles. The lowest BCUT2D eigenvalue weighted by Crippen LogP contribution is -3.19.